The van der Waals surface area contributed by atoms with Crippen molar-refractivity contribution in [1.82, 2.24) is 4.90 Å². The van der Waals surface area contributed by atoms with Crippen LogP contribution in [-0.4, -0.2) is 34.8 Å². The van der Waals surface area contributed by atoms with Gasteiger partial charge in [-0.2, -0.15) is 0 Å². The number of nitrogens with zero attached hydrogens (tertiary/aromatic N) is 1. The number of anilines is 1. The summed E-state index contributed by atoms with van der Waals surface area (Å²) in [7, 11) is 0. The molecule has 0 spiro atoms. The minimum absolute atomic E-state index is 0.0768. The van der Waals surface area contributed by atoms with Crippen LogP contribution in [0.4, 0.5) is 5.69 Å². The standard InChI is InChI=1S/C24H29N3O2/c1-15(2)14-27-16(3)12-20-19(9-10-22(26)21(20)13-25)24(27)18-7-4-17(5-8-18)6-11-23(28)29/h4-11,13,15-16,24-25H,12,14,26H2,1-3H3,(H,28,29)/b11-6+,25-13?. The maximum absolute atomic E-state index is 10.8. The lowest BCUT2D eigenvalue weighted by Crippen LogP contribution is -2.44. The Morgan fingerprint density at radius 1 is 1.28 bits per heavy atom. The van der Waals surface area contributed by atoms with E-state index in [4.69, 9.17) is 16.2 Å². The lowest BCUT2D eigenvalue weighted by atomic mass is 9.82. The highest BCUT2D eigenvalue weighted by molar-refractivity contribution is 5.88. The summed E-state index contributed by atoms with van der Waals surface area (Å²) in [6.07, 6.45) is 4.99. The number of carboxylic acids is 1. The minimum atomic E-state index is -0.955. The van der Waals surface area contributed by atoms with E-state index in [1.165, 1.54) is 11.8 Å². The van der Waals surface area contributed by atoms with Gasteiger partial charge in [-0.05, 0) is 53.7 Å². The normalized spacial score (nSPS) is 19.4. The van der Waals surface area contributed by atoms with Gasteiger partial charge in [-0.15, -0.1) is 0 Å². The van der Waals surface area contributed by atoms with E-state index in [1.807, 2.05) is 18.2 Å². The van der Waals surface area contributed by atoms with E-state index < -0.39 is 5.97 Å². The van der Waals surface area contributed by atoms with Gasteiger partial charge in [-0.1, -0.05) is 44.2 Å². The Kier molecular flexibility index (Phi) is 6.18. The second-order valence-electron chi connectivity index (χ2n) is 8.17. The lowest BCUT2D eigenvalue weighted by molar-refractivity contribution is -0.131. The number of nitrogen functional groups attached to an aromatic ring is 1. The van der Waals surface area contributed by atoms with Crippen molar-refractivity contribution in [3.05, 3.63) is 70.3 Å². The summed E-state index contributed by atoms with van der Waals surface area (Å²) >= 11 is 0. The fourth-order valence-electron chi connectivity index (χ4n) is 4.23. The molecular formula is C24H29N3O2. The molecule has 0 amide bonds. The maximum Gasteiger partial charge on any atom is 0.328 e. The first-order valence-electron chi connectivity index (χ1n) is 10.00. The molecule has 0 radical (unpaired) electrons. The third-order valence-electron chi connectivity index (χ3n) is 5.51. The molecule has 2 aromatic carbocycles. The molecule has 4 N–H and O–H groups in total. The Morgan fingerprint density at radius 2 is 1.97 bits per heavy atom. The highest BCUT2D eigenvalue weighted by Gasteiger charge is 2.34. The summed E-state index contributed by atoms with van der Waals surface area (Å²) in [6.45, 7) is 7.66. The fraction of sp³-hybridized carbons (Fsp3) is 0.333. The van der Waals surface area contributed by atoms with Gasteiger partial charge in [0.1, 0.15) is 0 Å². The van der Waals surface area contributed by atoms with Crippen molar-refractivity contribution in [3.63, 3.8) is 0 Å². The average Bonchev–Trinajstić information content (AvgIpc) is 2.67. The number of nitrogens with two attached hydrogens (primary N) is 1. The molecule has 0 bridgehead atoms. The monoisotopic (exact) mass is 391 g/mol. The van der Waals surface area contributed by atoms with E-state index in [0.717, 1.165) is 41.3 Å². The van der Waals surface area contributed by atoms with E-state index in [0.29, 0.717) is 17.6 Å². The zero-order valence-corrected chi connectivity index (χ0v) is 17.2. The van der Waals surface area contributed by atoms with Crippen LogP contribution in [0.5, 0.6) is 0 Å². The van der Waals surface area contributed by atoms with Crippen LogP contribution in [-0.2, 0) is 11.2 Å². The maximum atomic E-state index is 10.8. The lowest BCUT2D eigenvalue weighted by Gasteiger charge is -2.44. The number of hydrogen-bond donors (Lipinski definition) is 3. The van der Waals surface area contributed by atoms with Gasteiger partial charge in [-0.3, -0.25) is 4.90 Å². The molecule has 2 aromatic rings. The summed E-state index contributed by atoms with van der Waals surface area (Å²) in [5, 5.41) is 16.7. The minimum Gasteiger partial charge on any atom is -0.478 e. The van der Waals surface area contributed by atoms with E-state index >= 15 is 0 Å². The molecule has 5 heteroatoms. The molecule has 0 saturated carbocycles. The molecule has 5 nitrogen and oxygen atoms in total. The molecule has 0 saturated heterocycles. The van der Waals surface area contributed by atoms with Crippen LogP contribution in [0.1, 0.15) is 54.6 Å². The number of carboxylic acid groups (broad SMARTS) is 1. The molecule has 0 fully saturated rings. The Morgan fingerprint density at radius 3 is 2.55 bits per heavy atom. The van der Waals surface area contributed by atoms with Gasteiger partial charge in [0.05, 0.1) is 6.04 Å². The van der Waals surface area contributed by atoms with Crippen molar-refractivity contribution in [2.45, 2.75) is 39.3 Å². The molecule has 2 atom stereocenters. The van der Waals surface area contributed by atoms with Gasteiger partial charge in [0.2, 0.25) is 0 Å². The quantitative estimate of drug-likeness (QED) is 0.388. The van der Waals surface area contributed by atoms with Gasteiger partial charge in [0, 0.05) is 36.1 Å². The van der Waals surface area contributed by atoms with Crippen LogP contribution in [0, 0.1) is 11.3 Å². The summed E-state index contributed by atoms with van der Waals surface area (Å²) in [4.78, 5) is 13.3. The van der Waals surface area contributed by atoms with Crippen molar-refractivity contribution >= 4 is 23.9 Å². The molecule has 0 aromatic heterocycles. The summed E-state index contributed by atoms with van der Waals surface area (Å²) < 4.78 is 0. The molecular weight excluding hydrogens is 362 g/mol. The van der Waals surface area contributed by atoms with Gasteiger partial charge in [0.25, 0.3) is 0 Å². The first kappa shape index (κ1) is 20.8. The molecule has 0 aliphatic carbocycles. The number of rotatable bonds is 6. The Bertz CT molecular complexity index is 932. The van der Waals surface area contributed by atoms with Gasteiger partial charge in [0.15, 0.2) is 0 Å². The first-order chi connectivity index (χ1) is 13.8. The Balaban J connectivity index is 2.09. The Hall–Kier alpha value is -2.92. The SMILES string of the molecule is CC(C)CN1C(C)Cc2c(ccc(N)c2C=N)C1c1ccc(/C=C/C(=O)O)cc1. The second-order valence-corrected chi connectivity index (χ2v) is 8.17. The number of fused-ring (bicyclic) bond motifs is 1. The number of nitrogens with one attached hydrogen (secondary N) is 1. The van der Waals surface area contributed by atoms with Gasteiger partial charge < -0.3 is 16.2 Å². The smallest absolute Gasteiger partial charge is 0.328 e. The van der Waals surface area contributed by atoms with E-state index in [1.54, 1.807) is 6.08 Å². The van der Waals surface area contributed by atoms with Gasteiger partial charge >= 0.3 is 5.97 Å². The van der Waals surface area contributed by atoms with Crippen LogP contribution >= 0.6 is 0 Å². The summed E-state index contributed by atoms with van der Waals surface area (Å²) in [5.41, 5.74) is 12.0. The Labute approximate surface area is 172 Å². The van der Waals surface area contributed by atoms with E-state index in [-0.39, 0.29) is 6.04 Å². The van der Waals surface area contributed by atoms with Crippen molar-refractivity contribution in [1.29, 1.82) is 5.41 Å². The molecule has 29 heavy (non-hydrogen) atoms. The zero-order chi connectivity index (χ0) is 21.1. The van der Waals surface area contributed by atoms with Crippen LogP contribution in [0.15, 0.2) is 42.5 Å². The highest BCUT2D eigenvalue weighted by atomic mass is 16.4. The topological polar surface area (TPSA) is 90.4 Å². The number of benzene rings is 2. The summed E-state index contributed by atoms with van der Waals surface area (Å²) in [6, 6.07) is 12.4. The molecule has 3 rings (SSSR count). The molecule has 152 valence electrons. The van der Waals surface area contributed by atoms with Gasteiger partial charge in [-0.25, -0.2) is 4.79 Å². The third-order valence-corrected chi connectivity index (χ3v) is 5.51. The molecule has 2 unspecified atom stereocenters. The van der Waals surface area contributed by atoms with Crippen molar-refractivity contribution in [2.75, 3.05) is 12.3 Å². The number of aliphatic carboxylic acids is 1. The fourth-order valence-corrected chi connectivity index (χ4v) is 4.23. The predicted molar refractivity (Wildman–Crippen MR) is 118 cm³/mol. The van der Waals surface area contributed by atoms with Crippen LogP contribution in [0.25, 0.3) is 6.08 Å². The highest BCUT2D eigenvalue weighted by Crippen LogP contribution is 2.40. The largest absolute Gasteiger partial charge is 0.478 e. The summed E-state index contributed by atoms with van der Waals surface area (Å²) in [5.74, 6) is -0.431. The molecule has 1 heterocycles. The zero-order valence-electron chi connectivity index (χ0n) is 17.2. The first-order valence-corrected chi connectivity index (χ1v) is 10.00. The molecule has 1 aliphatic heterocycles. The van der Waals surface area contributed by atoms with E-state index in [2.05, 4.69) is 43.9 Å². The van der Waals surface area contributed by atoms with E-state index in [9.17, 15) is 4.79 Å². The average molecular weight is 392 g/mol. The molecule has 1 aliphatic rings. The third kappa shape index (κ3) is 4.40. The number of hydrogen-bond acceptors (Lipinski definition) is 4. The van der Waals surface area contributed by atoms with Crippen molar-refractivity contribution in [2.24, 2.45) is 5.92 Å². The second kappa shape index (κ2) is 8.62. The predicted octanol–water partition coefficient (Wildman–Crippen LogP) is 4.36. The van der Waals surface area contributed by atoms with Crippen molar-refractivity contribution < 1.29 is 9.90 Å². The van der Waals surface area contributed by atoms with Crippen LogP contribution < -0.4 is 5.73 Å². The van der Waals surface area contributed by atoms with Crippen LogP contribution in [0.2, 0.25) is 0 Å². The number of carbonyl (C=O) groups is 1. The van der Waals surface area contributed by atoms with Crippen LogP contribution in [0.3, 0.4) is 0 Å². The van der Waals surface area contributed by atoms with Crippen molar-refractivity contribution in [3.8, 4) is 0 Å².